The molecule has 37 heavy (non-hydrogen) atoms. The van der Waals surface area contributed by atoms with Gasteiger partial charge in [-0.3, -0.25) is 19.1 Å². The Balaban J connectivity index is 1.33. The number of carbonyl (C=O) groups excluding carboxylic acids is 1. The van der Waals surface area contributed by atoms with Crippen molar-refractivity contribution in [2.24, 2.45) is 0 Å². The summed E-state index contributed by atoms with van der Waals surface area (Å²) in [7, 11) is -2.62. The number of anilines is 2. The van der Waals surface area contributed by atoms with E-state index in [0.29, 0.717) is 23.4 Å². The number of H-pyrrole nitrogens is 1. The van der Waals surface area contributed by atoms with Crippen molar-refractivity contribution in [2.45, 2.75) is 11.3 Å². The fourth-order valence-corrected chi connectivity index (χ4v) is 5.85. The van der Waals surface area contributed by atoms with Gasteiger partial charge in [0.25, 0.3) is 10.0 Å². The minimum atomic E-state index is -4.00. The number of nitrogens with one attached hydrogen (secondary N) is 2. The molecule has 0 bridgehead atoms. The largest absolute Gasteiger partial charge is 0.495 e. The zero-order valence-corrected chi connectivity index (χ0v) is 20.8. The number of amides is 1. The van der Waals surface area contributed by atoms with Gasteiger partial charge in [-0.1, -0.05) is 22.8 Å². The Morgan fingerprint density at radius 1 is 1.14 bits per heavy atom. The van der Waals surface area contributed by atoms with E-state index in [1.54, 1.807) is 42.5 Å². The summed E-state index contributed by atoms with van der Waals surface area (Å²) in [6, 6.07) is 15.6. The highest BCUT2D eigenvalue weighted by atomic mass is 35.5. The van der Waals surface area contributed by atoms with Crippen LogP contribution in [0.2, 0.25) is 5.02 Å². The molecule has 0 radical (unpaired) electrons. The lowest BCUT2D eigenvalue weighted by molar-refractivity contribution is 0.215. The molecule has 2 heterocycles. The molecule has 5 rings (SSSR count). The maximum atomic E-state index is 13.5. The van der Waals surface area contributed by atoms with E-state index < -0.39 is 21.9 Å². The van der Waals surface area contributed by atoms with Crippen LogP contribution in [0.3, 0.4) is 0 Å². The van der Waals surface area contributed by atoms with E-state index in [4.69, 9.17) is 21.1 Å². The molecule has 1 aromatic heterocycles. The molecule has 2 N–H and O–H groups in total. The van der Waals surface area contributed by atoms with Gasteiger partial charge in [0.2, 0.25) is 0 Å². The van der Waals surface area contributed by atoms with Crippen LogP contribution in [0.5, 0.6) is 11.5 Å². The highest BCUT2D eigenvalue weighted by molar-refractivity contribution is 7.93. The molecule has 4 aromatic rings. The van der Waals surface area contributed by atoms with Crippen LogP contribution in [0.1, 0.15) is 5.56 Å². The summed E-state index contributed by atoms with van der Waals surface area (Å²) in [5.41, 5.74) is 2.20. The van der Waals surface area contributed by atoms with Gasteiger partial charge in [-0.05, 0) is 60.5 Å². The molecule has 3 aromatic carbocycles. The Morgan fingerprint density at radius 2 is 1.92 bits per heavy atom. The number of aromatic nitrogens is 2. The van der Waals surface area contributed by atoms with Crippen LogP contribution in [0.4, 0.5) is 16.2 Å². The number of methoxy groups -OCH3 is 1. The smallest absolute Gasteiger partial charge is 0.439 e. The van der Waals surface area contributed by atoms with Crippen molar-refractivity contribution in [3.8, 4) is 22.9 Å². The molecule has 1 aliphatic heterocycles. The molecule has 1 amide bonds. The maximum Gasteiger partial charge on any atom is 0.439 e. The molecule has 0 aliphatic carbocycles. The van der Waals surface area contributed by atoms with Crippen LogP contribution in [0.15, 0.2) is 74.9 Å². The fourth-order valence-electron chi connectivity index (χ4n) is 3.93. The molecular weight excluding hydrogens is 524 g/mol. The van der Waals surface area contributed by atoms with Crippen molar-refractivity contribution < 1.29 is 27.2 Å². The number of fused-ring (bicyclic) bond motifs is 1. The zero-order valence-electron chi connectivity index (χ0n) is 19.2. The van der Waals surface area contributed by atoms with Crippen molar-refractivity contribution in [3.63, 3.8) is 0 Å². The summed E-state index contributed by atoms with van der Waals surface area (Å²) in [6.07, 6.45) is -0.279. The first-order chi connectivity index (χ1) is 17.7. The lowest BCUT2D eigenvalue weighted by Crippen LogP contribution is -2.29. The molecule has 0 spiro atoms. The first-order valence-corrected chi connectivity index (χ1v) is 12.7. The summed E-state index contributed by atoms with van der Waals surface area (Å²) < 4.78 is 43.3. The third-order valence-electron chi connectivity index (χ3n) is 5.66. The van der Waals surface area contributed by atoms with Crippen LogP contribution in [-0.2, 0) is 16.4 Å². The normalized spacial score (nSPS) is 12.8. The molecule has 0 fully saturated rings. The van der Waals surface area contributed by atoms with Gasteiger partial charge in [0.15, 0.2) is 5.82 Å². The Kier molecular flexibility index (Phi) is 6.36. The number of rotatable bonds is 6. The number of hydrogen-bond donors (Lipinski definition) is 2. The molecular formula is C24H19ClN4O7S. The summed E-state index contributed by atoms with van der Waals surface area (Å²) in [5, 5.41) is 6.45. The average Bonchev–Trinajstić information content (AvgIpc) is 3.51. The number of aromatic amines is 1. The van der Waals surface area contributed by atoms with Crippen LogP contribution in [0, 0.1) is 0 Å². The standard InChI is InChI=1S/C24H19ClN4O7S/c1-34-20-9-5-16(25)12-21(20)37(32,33)29-11-10-14-4-8-18(13-19(14)29)35-23(30)26-17-6-2-15(3-7-17)22-27-24(31)36-28-22/h2-9,12-13H,10-11H2,1H3,(H,26,30)(H,27,28,31). The second-order valence-corrected chi connectivity index (χ2v) is 10.2. The number of ether oxygens (including phenoxy) is 2. The number of benzene rings is 3. The van der Waals surface area contributed by atoms with Gasteiger partial charge in [-0.25, -0.2) is 18.0 Å². The van der Waals surface area contributed by atoms with Crippen molar-refractivity contribution in [2.75, 3.05) is 23.3 Å². The van der Waals surface area contributed by atoms with Gasteiger partial charge in [0.05, 0.1) is 12.8 Å². The lowest BCUT2D eigenvalue weighted by Gasteiger charge is -2.21. The second-order valence-electron chi connectivity index (χ2n) is 7.95. The molecule has 0 saturated carbocycles. The third-order valence-corrected chi connectivity index (χ3v) is 7.73. The number of sulfonamides is 1. The first kappa shape index (κ1) is 24.4. The number of carbonyl (C=O) groups is 1. The number of nitrogens with zero attached hydrogens (tertiary/aromatic N) is 2. The van der Waals surface area contributed by atoms with Gasteiger partial charge in [-0.2, -0.15) is 0 Å². The van der Waals surface area contributed by atoms with Crippen LogP contribution in [0.25, 0.3) is 11.4 Å². The number of hydrogen-bond acceptors (Lipinski definition) is 8. The van der Waals surface area contributed by atoms with E-state index in [0.717, 1.165) is 5.56 Å². The van der Waals surface area contributed by atoms with Crippen LogP contribution < -0.4 is 24.9 Å². The molecule has 0 unspecified atom stereocenters. The zero-order chi connectivity index (χ0) is 26.2. The summed E-state index contributed by atoms with van der Waals surface area (Å²) in [5.74, 6) is -0.0841. The summed E-state index contributed by atoms with van der Waals surface area (Å²) in [6.45, 7) is 0.214. The molecule has 1 aliphatic rings. The maximum absolute atomic E-state index is 13.5. The van der Waals surface area contributed by atoms with Crippen LogP contribution >= 0.6 is 11.6 Å². The SMILES string of the molecule is COc1ccc(Cl)cc1S(=O)(=O)N1CCc2ccc(OC(=O)Nc3ccc(-c4noc(=O)[nH]4)cc3)cc21. The average molecular weight is 543 g/mol. The quantitative estimate of drug-likeness (QED) is 0.371. The molecule has 0 saturated heterocycles. The predicted octanol–water partition coefficient (Wildman–Crippen LogP) is 4.05. The van der Waals surface area contributed by atoms with Gasteiger partial charge >= 0.3 is 11.8 Å². The monoisotopic (exact) mass is 542 g/mol. The van der Waals surface area contributed by atoms with E-state index in [-0.39, 0.29) is 33.8 Å². The summed E-state index contributed by atoms with van der Waals surface area (Å²) in [4.78, 5) is 26.0. The Labute approximate surface area is 215 Å². The van der Waals surface area contributed by atoms with Gasteiger partial charge in [0.1, 0.15) is 16.4 Å². The molecule has 13 heteroatoms. The Hall–Kier alpha value is -4.29. The van der Waals surface area contributed by atoms with E-state index in [2.05, 4.69) is 20.0 Å². The van der Waals surface area contributed by atoms with E-state index in [9.17, 15) is 18.0 Å². The summed E-state index contributed by atoms with van der Waals surface area (Å²) >= 11 is 6.05. The Morgan fingerprint density at radius 3 is 2.62 bits per heavy atom. The fraction of sp³-hybridized carbons (Fsp3) is 0.125. The van der Waals surface area contributed by atoms with Gasteiger partial charge < -0.3 is 9.47 Å². The third kappa shape index (κ3) is 4.88. The van der Waals surface area contributed by atoms with Crippen LogP contribution in [-0.4, -0.2) is 38.3 Å². The minimum absolute atomic E-state index is 0.0578. The van der Waals surface area contributed by atoms with E-state index in [1.807, 2.05) is 0 Å². The van der Waals surface area contributed by atoms with E-state index >= 15 is 0 Å². The van der Waals surface area contributed by atoms with Gasteiger partial charge in [0, 0.05) is 28.9 Å². The van der Waals surface area contributed by atoms with Crippen molar-refractivity contribution in [1.82, 2.24) is 10.1 Å². The molecule has 190 valence electrons. The first-order valence-electron chi connectivity index (χ1n) is 10.9. The molecule has 0 atom stereocenters. The van der Waals surface area contributed by atoms with Crippen molar-refractivity contribution in [1.29, 1.82) is 0 Å². The Bertz CT molecular complexity index is 1650. The highest BCUT2D eigenvalue weighted by Crippen LogP contribution is 2.38. The van der Waals surface area contributed by atoms with E-state index in [1.165, 1.54) is 29.6 Å². The molecule has 11 nitrogen and oxygen atoms in total. The topological polar surface area (TPSA) is 144 Å². The van der Waals surface area contributed by atoms with Crippen molar-refractivity contribution >= 4 is 39.1 Å². The lowest BCUT2D eigenvalue weighted by atomic mass is 10.1. The van der Waals surface area contributed by atoms with Gasteiger partial charge in [-0.15, -0.1) is 0 Å². The second kappa shape index (κ2) is 9.64. The highest BCUT2D eigenvalue weighted by Gasteiger charge is 2.33. The predicted molar refractivity (Wildman–Crippen MR) is 135 cm³/mol. The minimum Gasteiger partial charge on any atom is -0.495 e. The van der Waals surface area contributed by atoms with Crippen molar-refractivity contribution in [3.05, 3.63) is 81.8 Å². The number of halogens is 1.